The zero-order chi connectivity index (χ0) is 28.1. The molecule has 2 aromatic carbocycles. The maximum Gasteiger partial charge on any atom is 0.412 e. The highest BCUT2D eigenvalue weighted by Gasteiger charge is 2.32. The second-order valence-electron chi connectivity index (χ2n) is 12.4. The molecule has 4 N–H and O–H groups in total. The maximum absolute atomic E-state index is 12.2. The van der Waals surface area contributed by atoms with Crippen molar-refractivity contribution >= 4 is 37.3 Å². The van der Waals surface area contributed by atoms with Gasteiger partial charge >= 0.3 is 12.2 Å². The van der Waals surface area contributed by atoms with Gasteiger partial charge in [-0.05, 0) is 87.5 Å². The first-order valence-electron chi connectivity index (χ1n) is 13.4. The van der Waals surface area contributed by atoms with Crippen LogP contribution in [0.25, 0.3) is 0 Å². The fourth-order valence-electron chi connectivity index (χ4n) is 4.72. The molecule has 0 bridgehead atoms. The van der Waals surface area contributed by atoms with Crippen LogP contribution in [0.5, 0.6) is 0 Å². The number of hydrogen-bond donors (Lipinski definition) is 3. The Labute approximate surface area is 228 Å². The van der Waals surface area contributed by atoms with Gasteiger partial charge in [-0.15, -0.1) is 0 Å². The van der Waals surface area contributed by atoms with E-state index >= 15 is 0 Å². The third-order valence-electron chi connectivity index (χ3n) is 6.65. The summed E-state index contributed by atoms with van der Waals surface area (Å²) in [4.78, 5) is 28.2. The third-order valence-corrected chi connectivity index (χ3v) is 8.38. The van der Waals surface area contributed by atoms with Crippen LogP contribution >= 0.6 is 0 Å². The molecule has 9 heteroatoms. The Morgan fingerprint density at radius 2 is 1.89 bits per heavy atom. The predicted octanol–water partition coefficient (Wildman–Crippen LogP) is 6.30. The van der Waals surface area contributed by atoms with Crippen molar-refractivity contribution in [1.29, 1.82) is 0 Å². The third kappa shape index (κ3) is 8.97. The van der Waals surface area contributed by atoms with Gasteiger partial charge in [0.1, 0.15) is 5.60 Å². The molecule has 1 unspecified atom stereocenters. The lowest BCUT2D eigenvalue weighted by molar-refractivity contribution is 0.0635. The standard InChI is InChI=1S/C29H44N4O4Si/c1-29(2,3)37-27(34)31-24-9-7-8-21(18-24)10-11-22-19-23(30)12-13-26(22)32-15-14-25(20-32)33(28(35)36)16-17-38(4,5)6/h7-9,12-13,18-19,25H,10-11,14-17,20,30H2,1-6H3,(H,31,34)(H,35,36). The number of carboxylic acid groups (broad SMARTS) is 1. The summed E-state index contributed by atoms with van der Waals surface area (Å²) in [7, 11) is -1.34. The smallest absolute Gasteiger partial charge is 0.412 e. The number of hydrogen-bond acceptors (Lipinski definition) is 5. The number of ether oxygens (including phenoxy) is 1. The normalized spacial score (nSPS) is 15.8. The Balaban J connectivity index is 1.68. The van der Waals surface area contributed by atoms with Crippen LogP contribution in [0.3, 0.4) is 0 Å². The van der Waals surface area contributed by atoms with Gasteiger partial charge in [0.05, 0.1) is 6.04 Å². The Kier molecular flexibility index (Phi) is 9.35. The van der Waals surface area contributed by atoms with E-state index in [1.54, 1.807) is 4.90 Å². The largest absolute Gasteiger partial charge is 0.465 e. The molecule has 0 spiro atoms. The van der Waals surface area contributed by atoms with Gasteiger partial charge < -0.3 is 25.4 Å². The van der Waals surface area contributed by atoms with Gasteiger partial charge in [-0.2, -0.15) is 0 Å². The number of rotatable bonds is 9. The zero-order valence-corrected chi connectivity index (χ0v) is 24.7. The molecule has 38 heavy (non-hydrogen) atoms. The zero-order valence-electron chi connectivity index (χ0n) is 23.7. The first kappa shape index (κ1) is 29.4. The minimum absolute atomic E-state index is 0.00939. The van der Waals surface area contributed by atoms with E-state index in [0.29, 0.717) is 24.5 Å². The van der Waals surface area contributed by atoms with Crippen molar-refractivity contribution < 1.29 is 19.4 Å². The number of carbonyl (C=O) groups excluding carboxylic acids is 1. The van der Waals surface area contributed by atoms with Crippen molar-refractivity contribution in [2.24, 2.45) is 0 Å². The number of carbonyl (C=O) groups is 2. The van der Waals surface area contributed by atoms with Crippen LogP contribution in [-0.4, -0.2) is 61.5 Å². The molecule has 1 heterocycles. The SMILES string of the molecule is CC(C)(C)OC(=O)Nc1cccc(CCc2cc(N)ccc2N2CCC(N(CC[Si](C)(C)C)C(=O)O)C2)c1. The minimum atomic E-state index is -1.34. The molecule has 0 aromatic heterocycles. The fraction of sp³-hybridized carbons (Fsp3) is 0.517. The van der Waals surface area contributed by atoms with Gasteiger partial charge in [-0.25, -0.2) is 9.59 Å². The van der Waals surface area contributed by atoms with Crippen molar-refractivity contribution in [2.45, 2.75) is 77.4 Å². The van der Waals surface area contributed by atoms with Gasteiger partial charge in [0.15, 0.2) is 0 Å². The molecule has 8 nitrogen and oxygen atoms in total. The van der Waals surface area contributed by atoms with Crippen LogP contribution in [0.15, 0.2) is 42.5 Å². The van der Waals surface area contributed by atoms with Gasteiger partial charge in [-0.3, -0.25) is 5.32 Å². The molecule has 0 aliphatic carbocycles. The first-order valence-corrected chi connectivity index (χ1v) is 17.1. The average Bonchev–Trinajstić information content (AvgIpc) is 3.25. The Hall–Kier alpha value is -3.20. The van der Waals surface area contributed by atoms with E-state index in [-0.39, 0.29) is 6.04 Å². The summed E-state index contributed by atoms with van der Waals surface area (Å²) < 4.78 is 5.36. The maximum atomic E-state index is 12.2. The van der Waals surface area contributed by atoms with Crippen molar-refractivity contribution in [3.05, 3.63) is 53.6 Å². The highest BCUT2D eigenvalue weighted by molar-refractivity contribution is 6.76. The molecular formula is C29H44N4O4Si. The number of anilines is 3. The van der Waals surface area contributed by atoms with E-state index in [2.05, 4.69) is 35.9 Å². The van der Waals surface area contributed by atoms with Crippen molar-refractivity contribution in [3.8, 4) is 0 Å². The average molecular weight is 541 g/mol. The lowest BCUT2D eigenvalue weighted by Crippen LogP contribution is -2.43. The van der Waals surface area contributed by atoms with Crippen molar-refractivity contribution in [3.63, 3.8) is 0 Å². The van der Waals surface area contributed by atoms with Gasteiger partial charge in [-0.1, -0.05) is 31.8 Å². The summed E-state index contributed by atoms with van der Waals surface area (Å²) in [6.07, 6.45) is 1.06. The molecule has 1 atom stereocenters. The fourth-order valence-corrected chi connectivity index (χ4v) is 5.64. The minimum Gasteiger partial charge on any atom is -0.465 e. The van der Waals surface area contributed by atoms with Crippen LogP contribution in [-0.2, 0) is 17.6 Å². The Morgan fingerprint density at radius 1 is 1.16 bits per heavy atom. The second-order valence-corrected chi connectivity index (χ2v) is 18.0. The van der Waals surface area contributed by atoms with Gasteiger partial charge in [0.25, 0.3) is 0 Å². The predicted molar refractivity (Wildman–Crippen MR) is 158 cm³/mol. The summed E-state index contributed by atoms with van der Waals surface area (Å²) in [6, 6.07) is 14.7. The van der Waals surface area contributed by atoms with E-state index in [0.717, 1.165) is 48.7 Å². The number of nitrogen functional groups attached to an aromatic ring is 1. The van der Waals surface area contributed by atoms with Gasteiger partial charge in [0.2, 0.25) is 0 Å². The molecule has 208 valence electrons. The molecule has 1 saturated heterocycles. The molecule has 0 radical (unpaired) electrons. The molecule has 2 aromatic rings. The molecule has 3 rings (SSSR count). The summed E-state index contributed by atoms with van der Waals surface area (Å²) in [5, 5.41) is 12.7. The summed E-state index contributed by atoms with van der Waals surface area (Å²) in [6.45, 7) is 14.4. The van der Waals surface area contributed by atoms with Crippen LogP contribution in [0, 0.1) is 0 Å². The van der Waals surface area contributed by atoms with Crippen molar-refractivity contribution in [1.82, 2.24) is 4.90 Å². The quantitative estimate of drug-likeness (QED) is 0.254. The number of nitrogens with one attached hydrogen (secondary N) is 1. The lowest BCUT2D eigenvalue weighted by Gasteiger charge is -2.29. The number of nitrogens with zero attached hydrogens (tertiary/aromatic N) is 2. The van der Waals surface area contributed by atoms with Crippen LogP contribution in [0.4, 0.5) is 26.7 Å². The number of aryl methyl sites for hydroxylation is 2. The van der Waals surface area contributed by atoms with E-state index in [4.69, 9.17) is 10.5 Å². The second kappa shape index (κ2) is 12.1. The van der Waals surface area contributed by atoms with E-state index in [1.807, 2.05) is 57.2 Å². The number of nitrogens with two attached hydrogens (primary N) is 1. The lowest BCUT2D eigenvalue weighted by atomic mass is 10.0. The van der Waals surface area contributed by atoms with Gasteiger partial charge in [0, 0.05) is 44.8 Å². The molecule has 1 fully saturated rings. The Bertz CT molecular complexity index is 1130. The molecular weight excluding hydrogens is 496 g/mol. The summed E-state index contributed by atoms with van der Waals surface area (Å²) in [5.41, 5.74) is 10.3. The summed E-state index contributed by atoms with van der Waals surface area (Å²) >= 11 is 0. The van der Waals surface area contributed by atoms with Crippen molar-refractivity contribution in [2.75, 3.05) is 35.6 Å². The van der Waals surface area contributed by atoms with Crippen LogP contribution < -0.4 is 16.0 Å². The molecule has 0 saturated carbocycles. The molecule has 1 aliphatic heterocycles. The first-order chi connectivity index (χ1) is 17.7. The van der Waals surface area contributed by atoms with Crippen LogP contribution in [0.1, 0.15) is 38.3 Å². The monoisotopic (exact) mass is 540 g/mol. The van der Waals surface area contributed by atoms with E-state index in [9.17, 15) is 14.7 Å². The topological polar surface area (TPSA) is 108 Å². The van der Waals surface area contributed by atoms with E-state index < -0.39 is 25.9 Å². The molecule has 2 amide bonds. The number of amides is 2. The van der Waals surface area contributed by atoms with Crippen LogP contribution in [0.2, 0.25) is 25.7 Å². The Morgan fingerprint density at radius 3 is 2.55 bits per heavy atom. The highest BCUT2D eigenvalue weighted by atomic mass is 28.3. The highest BCUT2D eigenvalue weighted by Crippen LogP contribution is 2.30. The number of benzene rings is 2. The van der Waals surface area contributed by atoms with E-state index in [1.165, 1.54) is 0 Å². The summed E-state index contributed by atoms with van der Waals surface area (Å²) in [5.74, 6) is 0. The molecule has 1 aliphatic rings.